The molecule has 0 aliphatic carbocycles. The number of hydrogen-bond acceptors (Lipinski definition) is 1. The second-order valence-electron chi connectivity index (χ2n) is 4.47. The van der Waals surface area contributed by atoms with Gasteiger partial charge in [-0.05, 0) is 43.2 Å². The minimum atomic E-state index is -1.11. The molecule has 0 aromatic heterocycles. The number of alkyl halides is 3. The van der Waals surface area contributed by atoms with Crippen molar-refractivity contribution in [2.24, 2.45) is 0 Å². The molecule has 1 rings (SSSR count). The van der Waals surface area contributed by atoms with Gasteiger partial charge in [-0.15, -0.1) is 0 Å². The van der Waals surface area contributed by atoms with Gasteiger partial charge in [0.1, 0.15) is 0 Å². The maximum Gasteiger partial charge on any atom is 0.190 e. The molecule has 1 N–H and O–H groups in total. The summed E-state index contributed by atoms with van der Waals surface area (Å²) in [6.45, 7) is 0.205. The lowest BCUT2D eigenvalue weighted by molar-refractivity contribution is 0.299. The molecular formula is C14H19Cl3O. The zero-order valence-corrected chi connectivity index (χ0v) is 12.6. The smallest absolute Gasteiger partial charge is 0.190 e. The van der Waals surface area contributed by atoms with Gasteiger partial charge in [0.25, 0.3) is 0 Å². The van der Waals surface area contributed by atoms with Gasteiger partial charge in [0, 0.05) is 6.61 Å². The lowest BCUT2D eigenvalue weighted by Crippen LogP contribution is -2.01. The van der Waals surface area contributed by atoms with Crippen LogP contribution in [0.25, 0.3) is 0 Å². The third kappa shape index (κ3) is 7.48. The first-order valence-electron chi connectivity index (χ1n) is 6.27. The Morgan fingerprint density at radius 1 is 0.833 bits per heavy atom. The van der Waals surface area contributed by atoms with E-state index in [1.165, 1.54) is 11.1 Å². The number of rotatable bonds is 7. The number of aliphatic hydroxyl groups is 1. The quantitative estimate of drug-likeness (QED) is 0.572. The van der Waals surface area contributed by atoms with Gasteiger partial charge in [0.05, 0.1) is 0 Å². The summed E-state index contributed by atoms with van der Waals surface area (Å²) in [6.07, 6.45) is 5.53. The topological polar surface area (TPSA) is 20.2 Å². The van der Waals surface area contributed by atoms with Crippen molar-refractivity contribution < 1.29 is 5.11 Å². The van der Waals surface area contributed by atoms with Crippen LogP contribution in [0.15, 0.2) is 24.3 Å². The number of benzene rings is 1. The number of unbranched alkanes of at least 4 members (excludes halogenated alkanes) is 2. The van der Waals surface area contributed by atoms with Gasteiger partial charge >= 0.3 is 0 Å². The Hall–Kier alpha value is 0.0500. The third-order valence-corrected chi connectivity index (χ3v) is 3.42. The molecule has 0 aliphatic rings. The highest BCUT2D eigenvalue weighted by atomic mass is 35.6. The number of aryl methyl sites for hydroxylation is 1. The predicted molar refractivity (Wildman–Crippen MR) is 79.7 cm³/mol. The number of hydrogen-bond donors (Lipinski definition) is 1. The molecule has 0 spiro atoms. The Morgan fingerprint density at radius 2 is 1.39 bits per heavy atom. The number of aliphatic hydroxyl groups excluding tert-OH is 1. The van der Waals surface area contributed by atoms with Gasteiger partial charge in [0.2, 0.25) is 0 Å². The molecule has 0 fully saturated rings. The fourth-order valence-electron chi connectivity index (χ4n) is 1.83. The van der Waals surface area contributed by atoms with E-state index >= 15 is 0 Å². The van der Waals surface area contributed by atoms with Gasteiger partial charge in [-0.25, -0.2) is 0 Å². The van der Waals surface area contributed by atoms with Crippen LogP contribution in [0.5, 0.6) is 0 Å². The highest BCUT2D eigenvalue weighted by Gasteiger charge is 2.17. The van der Waals surface area contributed by atoms with Crippen molar-refractivity contribution in [2.45, 2.75) is 42.3 Å². The van der Waals surface area contributed by atoms with Gasteiger partial charge in [-0.1, -0.05) is 65.5 Å². The first-order valence-corrected chi connectivity index (χ1v) is 7.40. The molecule has 102 valence electrons. The fraction of sp³-hybridized carbons (Fsp3) is 0.571. The molecule has 1 nitrogen and oxygen atoms in total. The van der Waals surface area contributed by atoms with Crippen molar-refractivity contribution in [1.82, 2.24) is 0 Å². The molecule has 0 atom stereocenters. The summed E-state index contributed by atoms with van der Waals surface area (Å²) in [5, 5.41) is 8.82. The molecule has 1 aromatic rings. The zero-order valence-electron chi connectivity index (χ0n) is 10.3. The summed E-state index contributed by atoms with van der Waals surface area (Å²) in [6, 6.07) is 8.40. The van der Waals surface area contributed by atoms with Crippen molar-refractivity contribution in [3.8, 4) is 0 Å². The number of halogens is 3. The predicted octanol–water partition coefficient (Wildman–Crippen LogP) is 4.69. The third-order valence-electron chi connectivity index (χ3n) is 2.85. The van der Waals surface area contributed by atoms with Crippen LogP contribution in [0.4, 0.5) is 0 Å². The maximum atomic E-state index is 8.82. The second kappa shape index (κ2) is 8.27. The summed E-state index contributed by atoms with van der Waals surface area (Å²) >= 11 is 17.1. The molecular weight excluding hydrogens is 291 g/mol. The summed E-state index contributed by atoms with van der Waals surface area (Å²) in [7, 11) is 0. The molecule has 0 aliphatic heterocycles. The molecule has 0 unspecified atom stereocenters. The summed E-state index contributed by atoms with van der Waals surface area (Å²) in [5.41, 5.74) is 2.50. The van der Waals surface area contributed by atoms with Crippen LogP contribution in [-0.4, -0.2) is 15.5 Å². The van der Waals surface area contributed by atoms with Crippen molar-refractivity contribution in [3.63, 3.8) is 0 Å². The monoisotopic (exact) mass is 308 g/mol. The largest absolute Gasteiger partial charge is 0.396 e. The van der Waals surface area contributed by atoms with Gasteiger partial charge in [0.15, 0.2) is 3.79 Å². The van der Waals surface area contributed by atoms with Crippen LogP contribution in [0.2, 0.25) is 0 Å². The highest BCUT2D eigenvalue weighted by Crippen LogP contribution is 2.32. The Kier molecular flexibility index (Phi) is 7.40. The van der Waals surface area contributed by atoms with Gasteiger partial charge in [-0.3, -0.25) is 0 Å². The van der Waals surface area contributed by atoms with Crippen LogP contribution in [0.3, 0.4) is 0 Å². The normalized spacial score (nSPS) is 11.8. The standard InChI is InChI=1S/C14H19Cl3O/c15-14(16,17)10-3-1-2-4-12-5-7-13(8-6-12)9-11-18/h5-8,18H,1-4,9-11H2. The van der Waals surface area contributed by atoms with Crippen LogP contribution in [-0.2, 0) is 12.8 Å². The maximum absolute atomic E-state index is 8.82. The molecule has 0 saturated heterocycles. The molecule has 18 heavy (non-hydrogen) atoms. The molecule has 4 heteroatoms. The minimum Gasteiger partial charge on any atom is -0.396 e. The van der Waals surface area contributed by atoms with E-state index in [1.807, 2.05) is 0 Å². The molecule has 0 bridgehead atoms. The van der Waals surface area contributed by atoms with Crippen LogP contribution < -0.4 is 0 Å². The van der Waals surface area contributed by atoms with Crippen molar-refractivity contribution >= 4 is 34.8 Å². The summed E-state index contributed by atoms with van der Waals surface area (Å²) < 4.78 is -1.11. The molecule has 0 heterocycles. The minimum absolute atomic E-state index is 0.205. The van der Waals surface area contributed by atoms with Crippen molar-refractivity contribution in [1.29, 1.82) is 0 Å². The van der Waals surface area contributed by atoms with Crippen molar-refractivity contribution in [2.75, 3.05) is 6.61 Å². The van der Waals surface area contributed by atoms with Crippen LogP contribution in [0.1, 0.15) is 36.8 Å². The molecule has 0 saturated carbocycles. The first-order chi connectivity index (χ1) is 8.51. The average Bonchev–Trinajstić information content (AvgIpc) is 2.30. The van der Waals surface area contributed by atoms with E-state index in [9.17, 15) is 0 Å². The molecule has 0 radical (unpaired) electrons. The van der Waals surface area contributed by atoms with E-state index in [0.717, 1.165) is 32.1 Å². The van der Waals surface area contributed by atoms with E-state index in [4.69, 9.17) is 39.9 Å². The highest BCUT2D eigenvalue weighted by molar-refractivity contribution is 6.67. The van der Waals surface area contributed by atoms with E-state index < -0.39 is 3.79 Å². The average molecular weight is 310 g/mol. The lowest BCUT2D eigenvalue weighted by Gasteiger charge is -2.09. The van der Waals surface area contributed by atoms with E-state index in [0.29, 0.717) is 6.42 Å². The van der Waals surface area contributed by atoms with E-state index in [2.05, 4.69) is 24.3 Å². The Labute approximate surface area is 124 Å². The molecule has 1 aromatic carbocycles. The van der Waals surface area contributed by atoms with Crippen LogP contribution in [0, 0.1) is 0 Å². The summed E-state index contributed by atoms with van der Waals surface area (Å²) in [5.74, 6) is 0. The van der Waals surface area contributed by atoms with E-state index in [-0.39, 0.29) is 6.61 Å². The fourth-order valence-corrected chi connectivity index (χ4v) is 2.23. The van der Waals surface area contributed by atoms with E-state index in [1.54, 1.807) is 0 Å². The Bertz CT molecular complexity index is 330. The Morgan fingerprint density at radius 3 is 1.89 bits per heavy atom. The van der Waals surface area contributed by atoms with Crippen LogP contribution >= 0.6 is 34.8 Å². The summed E-state index contributed by atoms with van der Waals surface area (Å²) in [4.78, 5) is 0. The zero-order chi connectivity index (χ0) is 13.4. The second-order valence-corrected chi connectivity index (χ2v) is 6.98. The molecule has 0 amide bonds. The Balaban J connectivity index is 2.19. The van der Waals surface area contributed by atoms with Crippen molar-refractivity contribution in [3.05, 3.63) is 35.4 Å². The SMILES string of the molecule is OCCc1ccc(CCCCCC(Cl)(Cl)Cl)cc1. The lowest BCUT2D eigenvalue weighted by atomic mass is 10.0. The van der Waals surface area contributed by atoms with Gasteiger partial charge in [-0.2, -0.15) is 0 Å². The first kappa shape index (κ1) is 16.1. The van der Waals surface area contributed by atoms with Gasteiger partial charge < -0.3 is 5.11 Å².